The average Bonchev–Trinajstić information content (AvgIpc) is 3.48. The van der Waals surface area contributed by atoms with Crippen molar-refractivity contribution in [3.8, 4) is 0 Å². The van der Waals surface area contributed by atoms with E-state index in [1.165, 1.54) is 173 Å². The second-order valence-corrected chi connectivity index (χ2v) is 12.5. The summed E-state index contributed by atoms with van der Waals surface area (Å²) >= 11 is 0. The molecule has 4 fully saturated rings. The molecule has 0 aromatic heterocycles. The zero-order chi connectivity index (χ0) is 23.6. The third-order valence-electron chi connectivity index (χ3n) is 6.35. The minimum atomic E-state index is 0.500. The van der Waals surface area contributed by atoms with Crippen molar-refractivity contribution in [1.82, 2.24) is 0 Å². The van der Waals surface area contributed by atoms with Gasteiger partial charge in [0.1, 0.15) is 0 Å². The molecule has 0 radical (unpaired) electrons. The average molecular weight is 451 g/mol. The number of hydrogen-bond acceptors (Lipinski definition) is 0. The Hall–Kier alpha value is 0. The van der Waals surface area contributed by atoms with Crippen molar-refractivity contribution in [3.63, 3.8) is 0 Å². The number of rotatable bonds is 0. The van der Waals surface area contributed by atoms with Crippen molar-refractivity contribution in [2.24, 2.45) is 5.41 Å². The molecule has 0 atom stereocenters. The largest absolute Gasteiger partial charge is 0.0604 e. The van der Waals surface area contributed by atoms with Gasteiger partial charge in [0.25, 0.3) is 0 Å². The molecule has 0 nitrogen and oxygen atoms in total. The maximum absolute atomic E-state index is 2.19. The first-order valence-corrected chi connectivity index (χ1v) is 15.5. The van der Waals surface area contributed by atoms with Crippen LogP contribution in [0.25, 0.3) is 0 Å². The van der Waals surface area contributed by atoms with Crippen LogP contribution in [0.3, 0.4) is 0 Å². The lowest BCUT2D eigenvalue weighted by Gasteiger charge is -2.05. The molecule has 0 unspecified atom stereocenters. The molecule has 4 aliphatic rings. The fourth-order valence-corrected chi connectivity index (χ4v) is 4.24. The summed E-state index contributed by atoms with van der Waals surface area (Å²) in [6, 6.07) is 0. The lowest BCUT2D eigenvalue weighted by atomic mass is 10.0. The molecule has 0 bridgehead atoms. The summed E-state index contributed by atoms with van der Waals surface area (Å²) in [5.74, 6) is 0. The van der Waals surface area contributed by atoms with Gasteiger partial charge in [-0.2, -0.15) is 0 Å². The highest BCUT2D eigenvalue weighted by atomic mass is 14.0. The van der Waals surface area contributed by atoms with Crippen molar-refractivity contribution < 1.29 is 0 Å². The van der Waals surface area contributed by atoms with E-state index in [1.54, 1.807) is 0 Å². The molecule has 0 heteroatoms. The first-order chi connectivity index (χ1) is 15.5. The van der Waals surface area contributed by atoms with E-state index in [4.69, 9.17) is 0 Å². The lowest BCUT2D eigenvalue weighted by Crippen LogP contribution is -1.93. The quantitative estimate of drug-likeness (QED) is 0.344. The first kappa shape index (κ1) is 32.0. The Labute approximate surface area is 206 Å². The van der Waals surface area contributed by atoms with Gasteiger partial charge in [-0.3, -0.25) is 0 Å². The maximum Gasteiger partial charge on any atom is -0.0411 e. The summed E-state index contributed by atoms with van der Waals surface area (Å²) in [7, 11) is 0. The van der Waals surface area contributed by atoms with Crippen LogP contribution in [-0.4, -0.2) is 0 Å². The van der Waals surface area contributed by atoms with Crippen LogP contribution in [0, 0.1) is 5.41 Å². The van der Waals surface area contributed by atoms with Crippen LogP contribution < -0.4 is 0 Å². The Morgan fingerprint density at radius 2 is 0.219 bits per heavy atom. The maximum atomic E-state index is 2.19. The van der Waals surface area contributed by atoms with E-state index in [1.807, 2.05) is 0 Å². The van der Waals surface area contributed by atoms with Crippen LogP contribution in [0.4, 0.5) is 0 Å². The molecule has 4 rings (SSSR count). The van der Waals surface area contributed by atoms with E-state index in [0.29, 0.717) is 5.41 Å². The second-order valence-electron chi connectivity index (χ2n) is 12.5. The highest BCUT2D eigenvalue weighted by molar-refractivity contribution is 4.53. The highest BCUT2D eigenvalue weighted by Gasteiger charge is 1.98. The molecule has 0 saturated heterocycles. The van der Waals surface area contributed by atoms with Crippen LogP contribution in [-0.2, 0) is 0 Å². The Morgan fingerprint density at radius 1 is 0.188 bits per heavy atom. The fraction of sp³-hybridized carbons (Fsp3) is 1.00. The fourth-order valence-electron chi connectivity index (χ4n) is 4.24. The Kier molecular flexibility index (Phi) is 25.6. The lowest BCUT2D eigenvalue weighted by molar-refractivity contribution is 0.469. The van der Waals surface area contributed by atoms with Gasteiger partial charge in [0.2, 0.25) is 0 Å². The molecule has 32 heavy (non-hydrogen) atoms. The van der Waals surface area contributed by atoms with Crippen molar-refractivity contribution >= 4 is 0 Å². The molecule has 0 N–H and O–H groups in total. The molecule has 0 aliphatic heterocycles. The van der Waals surface area contributed by atoms with Gasteiger partial charge in [-0.15, -0.1) is 0 Å². The van der Waals surface area contributed by atoms with Gasteiger partial charge in [0.05, 0.1) is 0 Å². The van der Waals surface area contributed by atoms with E-state index in [9.17, 15) is 0 Å². The molecule has 4 aliphatic carbocycles. The minimum Gasteiger partial charge on any atom is -0.0604 e. The van der Waals surface area contributed by atoms with E-state index < -0.39 is 0 Å². The van der Waals surface area contributed by atoms with Crippen LogP contribution in [0.5, 0.6) is 0 Å². The SMILES string of the molecule is C1CC1.C1CCCCCCC1.C1CCCCCCC1.C1CCCCCCC1.CC(C)(C)C. The third kappa shape index (κ3) is 40.4. The molecular formula is C32H66. The van der Waals surface area contributed by atoms with Gasteiger partial charge in [-0.1, -0.05) is 201 Å². The van der Waals surface area contributed by atoms with Gasteiger partial charge in [0.15, 0.2) is 0 Å². The molecule has 0 amide bonds. The molecule has 194 valence electrons. The first-order valence-electron chi connectivity index (χ1n) is 15.5. The predicted molar refractivity (Wildman–Crippen MR) is 150 cm³/mol. The Morgan fingerprint density at radius 3 is 0.250 bits per heavy atom. The van der Waals surface area contributed by atoms with Gasteiger partial charge in [0, 0.05) is 0 Å². The van der Waals surface area contributed by atoms with E-state index >= 15 is 0 Å². The van der Waals surface area contributed by atoms with E-state index in [2.05, 4.69) is 27.7 Å². The second kappa shape index (κ2) is 25.6. The molecule has 0 spiro atoms. The summed E-state index contributed by atoms with van der Waals surface area (Å²) in [6.45, 7) is 8.75. The van der Waals surface area contributed by atoms with Gasteiger partial charge in [-0.25, -0.2) is 0 Å². The van der Waals surface area contributed by atoms with Crippen LogP contribution in [0.15, 0.2) is 0 Å². The van der Waals surface area contributed by atoms with E-state index in [-0.39, 0.29) is 0 Å². The predicted octanol–water partition coefficient (Wildman–Crippen LogP) is 12.6. The standard InChI is InChI=1S/3C8H16.C5H12.C3H6/c3*1-2-4-6-8-7-5-3-1;1-5(2,3)4;1-2-3-1/h3*1-8H2;1-4H3;1-3H2. The van der Waals surface area contributed by atoms with Gasteiger partial charge >= 0.3 is 0 Å². The topological polar surface area (TPSA) is 0 Å². The monoisotopic (exact) mass is 451 g/mol. The molecule has 0 aromatic carbocycles. The molecule has 0 aromatic rings. The van der Waals surface area contributed by atoms with Crippen molar-refractivity contribution in [1.29, 1.82) is 0 Å². The summed E-state index contributed by atoms with van der Waals surface area (Å²) < 4.78 is 0. The summed E-state index contributed by atoms with van der Waals surface area (Å²) in [5.41, 5.74) is 0.500. The van der Waals surface area contributed by atoms with Crippen molar-refractivity contribution in [3.05, 3.63) is 0 Å². The Bertz CT molecular complexity index is 203. The zero-order valence-corrected chi connectivity index (χ0v) is 23.6. The summed E-state index contributed by atoms with van der Waals surface area (Å²) in [4.78, 5) is 0. The molecule has 0 heterocycles. The van der Waals surface area contributed by atoms with Gasteiger partial charge < -0.3 is 0 Å². The van der Waals surface area contributed by atoms with Crippen molar-refractivity contribution in [2.75, 3.05) is 0 Å². The normalized spacial score (nSPS) is 22.1. The zero-order valence-electron chi connectivity index (χ0n) is 23.6. The smallest absolute Gasteiger partial charge is 0.0411 e. The third-order valence-corrected chi connectivity index (χ3v) is 6.35. The van der Waals surface area contributed by atoms with Crippen LogP contribution in [0.1, 0.15) is 201 Å². The molecular weight excluding hydrogens is 384 g/mol. The Balaban J connectivity index is 0.000000388. The van der Waals surface area contributed by atoms with Crippen LogP contribution >= 0.6 is 0 Å². The molecule has 4 saturated carbocycles. The van der Waals surface area contributed by atoms with E-state index in [0.717, 1.165) is 0 Å². The highest BCUT2D eigenvalue weighted by Crippen LogP contribution is 2.17. The summed E-state index contributed by atoms with van der Waals surface area (Å²) in [5, 5.41) is 0. The van der Waals surface area contributed by atoms with Crippen molar-refractivity contribution in [2.45, 2.75) is 201 Å². The van der Waals surface area contributed by atoms with Crippen LogP contribution in [0.2, 0.25) is 0 Å². The van der Waals surface area contributed by atoms with Gasteiger partial charge in [-0.05, 0) is 5.41 Å². The summed E-state index contributed by atoms with van der Waals surface area (Å²) in [6.07, 6.45) is 40.5. The minimum absolute atomic E-state index is 0.500. The number of hydrogen-bond donors (Lipinski definition) is 0.